The minimum atomic E-state index is -0.691. The van der Waals surface area contributed by atoms with Gasteiger partial charge in [-0.3, -0.25) is 4.79 Å². The van der Waals surface area contributed by atoms with Crippen LogP contribution < -0.4 is 5.73 Å². The lowest BCUT2D eigenvalue weighted by molar-refractivity contribution is -0.135. The maximum Gasteiger partial charge on any atom is 0.334 e. The van der Waals surface area contributed by atoms with Crippen molar-refractivity contribution in [3.63, 3.8) is 0 Å². The number of aliphatic imine (C=N–C) groups is 1. The van der Waals surface area contributed by atoms with Crippen LogP contribution in [-0.2, 0) is 19.1 Å². The topological polar surface area (TPSA) is 91.0 Å². The number of esters is 1. The van der Waals surface area contributed by atoms with Gasteiger partial charge < -0.3 is 15.2 Å². The van der Waals surface area contributed by atoms with Crippen molar-refractivity contribution in [1.82, 2.24) is 0 Å². The molecule has 0 saturated carbocycles. The molecule has 0 fully saturated rings. The molecule has 64 valence electrons. The monoisotopic (exact) mass is 170 g/mol. The molecule has 0 aromatic carbocycles. The molecule has 1 heterocycles. The minimum Gasteiger partial charge on any atom is -0.466 e. The zero-order valence-electron chi connectivity index (χ0n) is 6.23. The highest BCUT2D eigenvalue weighted by atomic mass is 16.5. The number of nitrogens with zero attached hydrogens (tertiary/aromatic N) is 1. The molecule has 1 aliphatic heterocycles. The number of amides is 1. The number of carbonyl (C=O) groups is 2. The molecule has 0 aromatic rings. The maximum absolute atomic E-state index is 10.8. The van der Waals surface area contributed by atoms with E-state index in [0.29, 0.717) is 0 Å². The van der Waals surface area contributed by atoms with Gasteiger partial charge in [0, 0.05) is 0 Å². The summed E-state index contributed by atoms with van der Waals surface area (Å²) in [5, 5.41) is 0. The minimum absolute atomic E-state index is 0.223. The molecular weight excluding hydrogens is 164 g/mol. The van der Waals surface area contributed by atoms with Crippen LogP contribution in [0.25, 0.3) is 0 Å². The number of hydrogen-bond acceptors (Lipinski definition) is 5. The Balaban J connectivity index is 2.75. The van der Waals surface area contributed by atoms with E-state index in [-0.39, 0.29) is 11.8 Å². The smallest absolute Gasteiger partial charge is 0.334 e. The van der Waals surface area contributed by atoms with Gasteiger partial charge >= 0.3 is 11.9 Å². The van der Waals surface area contributed by atoms with Crippen LogP contribution in [0.2, 0.25) is 0 Å². The van der Waals surface area contributed by atoms with E-state index < -0.39 is 11.9 Å². The summed E-state index contributed by atoms with van der Waals surface area (Å²) in [4.78, 5) is 24.6. The third-order valence-electron chi connectivity index (χ3n) is 1.09. The fourth-order valence-corrected chi connectivity index (χ4v) is 0.591. The molecular formula is C6H6N2O4. The lowest BCUT2D eigenvalue weighted by Crippen LogP contribution is -2.10. The molecule has 0 atom stereocenters. The number of carbonyl (C=O) groups excluding carboxylic acids is 2. The highest BCUT2D eigenvalue weighted by Gasteiger charge is 2.21. The first kappa shape index (κ1) is 8.25. The highest BCUT2D eigenvalue weighted by molar-refractivity contribution is 6.08. The quantitative estimate of drug-likeness (QED) is 0.399. The normalized spacial score (nSPS) is 18.9. The van der Waals surface area contributed by atoms with Crippen molar-refractivity contribution in [3.05, 3.63) is 11.8 Å². The summed E-state index contributed by atoms with van der Waals surface area (Å²) in [5.41, 5.74) is 5.05. The highest BCUT2D eigenvalue weighted by Crippen LogP contribution is 2.07. The molecule has 2 N–H and O–H groups in total. The van der Waals surface area contributed by atoms with Crippen LogP contribution >= 0.6 is 0 Å². The Hall–Kier alpha value is -1.85. The predicted molar refractivity (Wildman–Crippen MR) is 37.8 cm³/mol. The molecule has 1 aliphatic rings. The van der Waals surface area contributed by atoms with Gasteiger partial charge in [0.2, 0.25) is 5.76 Å². The zero-order chi connectivity index (χ0) is 9.14. The molecule has 0 aromatic heterocycles. The molecule has 1 amide bonds. The average Bonchev–Trinajstić information content (AvgIpc) is 2.30. The first-order valence-corrected chi connectivity index (χ1v) is 2.99. The summed E-state index contributed by atoms with van der Waals surface area (Å²) in [7, 11) is 1.18. The molecule has 0 radical (unpaired) electrons. The Labute approximate surface area is 67.7 Å². The summed E-state index contributed by atoms with van der Waals surface area (Å²) in [5.74, 6) is -1.60. The van der Waals surface area contributed by atoms with Crippen LogP contribution in [-0.4, -0.2) is 25.0 Å². The first-order valence-electron chi connectivity index (χ1n) is 2.99. The Morgan fingerprint density at radius 2 is 2.42 bits per heavy atom. The van der Waals surface area contributed by atoms with Crippen molar-refractivity contribution in [3.8, 4) is 0 Å². The van der Waals surface area contributed by atoms with Crippen LogP contribution in [0, 0.1) is 0 Å². The predicted octanol–water partition coefficient (Wildman–Crippen LogP) is -1.09. The molecule has 0 bridgehead atoms. The zero-order valence-corrected chi connectivity index (χ0v) is 6.23. The lowest BCUT2D eigenvalue weighted by atomic mass is 10.4. The molecule has 6 nitrogen and oxygen atoms in total. The van der Waals surface area contributed by atoms with Crippen molar-refractivity contribution in [1.29, 1.82) is 0 Å². The van der Waals surface area contributed by atoms with Crippen LogP contribution in [0.5, 0.6) is 0 Å². The van der Waals surface area contributed by atoms with E-state index in [1.54, 1.807) is 0 Å². The van der Waals surface area contributed by atoms with E-state index in [2.05, 4.69) is 14.5 Å². The number of amidine groups is 1. The van der Waals surface area contributed by atoms with Crippen LogP contribution in [0.1, 0.15) is 0 Å². The maximum atomic E-state index is 10.8. The second kappa shape index (κ2) is 3.04. The van der Waals surface area contributed by atoms with E-state index in [1.165, 1.54) is 7.11 Å². The molecule has 0 spiro atoms. The third kappa shape index (κ3) is 1.60. The van der Waals surface area contributed by atoms with E-state index >= 15 is 0 Å². The van der Waals surface area contributed by atoms with Crippen molar-refractivity contribution in [2.45, 2.75) is 0 Å². The number of methoxy groups -OCH3 is 1. The van der Waals surface area contributed by atoms with Gasteiger partial charge in [0.05, 0.1) is 13.2 Å². The Kier molecular flexibility index (Phi) is 2.09. The van der Waals surface area contributed by atoms with Crippen molar-refractivity contribution in [2.75, 3.05) is 7.11 Å². The van der Waals surface area contributed by atoms with Gasteiger partial charge in [-0.15, -0.1) is 0 Å². The Morgan fingerprint density at radius 1 is 1.75 bits per heavy atom. The van der Waals surface area contributed by atoms with Gasteiger partial charge in [0.15, 0.2) is 0 Å². The van der Waals surface area contributed by atoms with E-state index in [0.717, 1.165) is 6.08 Å². The fourth-order valence-electron chi connectivity index (χ4n) is 0.591. The van der Waals surface area contributed by atoms with Gasteiger partial charge in [-0.2, -0.15) is 4.99 Å². The molecule has 6 heteroatoms. The van der Waals surface area contributed by atoms with Crippen LogP contribution in [0.3, 0.4) is 0 Å². The van der Waals surface area contributed by atoms with Gasteiger partial charge in [-0.1, -0.05) is 0 Å². The second-order valence-corrected chi connectivity index (χ2v) is 1.89. The fraction of sp³-hybridized carbons (Fsp3) is 0.167. The molecule has 0 saturated heterocycles. The van der Waals surface area contributed by atoms with Crippen molar-refractivity contribution in [2.24, 2.45) is 10.7 Å². The van der Waals surface area contributed by atoms with E-state index in [4.69, 9.17) is 5.73 Å². The van der Waals surface area contributed by atoms with Crippen LogP contribution in [0.4, 0.5) is 0 Å². The third-order valence-corrected chi connectivity index (χ3v) is 1.09. The second-order valence-electron chi connectivity index (χ2n) is 1.89. The number of ether oxygens (including phenoxy) is 2. The molecule has 1 rings (SSSR count). The lowest BCUT2D eigenvalue weighted by Gasteiger charge is -1.94. The Bertz CT molecular complexity index is 292. The SMILES string of the molecule is COC(=O)/C=C1/OC(N)=NC1=O. The molecule has 0 aliphatic carbocycles. The first-order chi connectivity index (χ1) is 5.63. The number of rotatable bonds is 1. The van der Waals surface area contributed by atoms with Crippen molar-refractivity contribution < 1.29 is 19.1 Å². The summed E-state index contributed by atoms with van der Waals surface area (Å²) in [6, 6.07) is -0.268. The molecule has 0 unspecified atom stereocenters. The summed E-state index contributed by atoms with van der Waals surface area (Å²) in [6.45, 7) is 0. The van der Waals surface area contributed by atoms with Gasteiger partial charge in [-0.05, 0) is 0 Å². The summed E-state index contributed by atoms with van der Waals surface area (Å²) in [6.07, 6.45) is 0.881. The van der Waals surface area contributed by atoms with Crippen molar-refractivity contribution >= 4 is 17.9 Å². The van der Waals surface area contributed by atoms with Crippen LogP contribution in [0.15, 0.2) is 16.8 Å². The van der Waals surface area contributed by atoms with E-state index in [9.17, 15) is 9.59 Å². The average molecular weight is 170 g/mol. The Morgan fingerprint density at radius 3 is 2.83 bits per heavy atom. The van der Waals surface area contributed by atoms with Gasteiger partial charge in [0.1, 0.15) is 0 Å². The molecule has 12 heavy (non-hydrogen) atoms. The van der Waals surface area contributed by atoms with Gasteiger partial charge in [-0.25, -0.2) is 4.79 Å². The summed E-state index contributed by atoms with van der Waals surface area (Å²) >= 11 is 0. The standard InChI is InChI=1S/C6H6N2O4/c1-11-4(9)2-3-5(10)8-6(7)12-3/h2H,1H3,(H2,7,8,10)/b3-2+. The van der Waals surface area contributed by atoms with E-state index in [1.807, 2.05) is 0 Å². The number of hydrogen-bond donors (Lipinski definition) is 1. The number of nitrogens with two attached hydrogens (primary N) is 1. The largest absolute Gasteiger partial charge is 0.466 e. The van der Waals surface area contributed by atoms with Gasteiger partial charge in [0.25, 0.3) is 6.02 Å². The summed E-state index contributed by atoms with van der Waals surface area (Å²) < 4.78 is 8.84.